The number of rotatable bonds is 8. The van der Waals surface area contributed by atoms with Crippen LogP contribution in [-0.2, 0) is 9.59 Å². The van der Waals surface area contributed by atoms with Crippen LogP contribution in [0.4, 0.5) is 11.4 Å². The number of unbranched alkanes of at least 4 members (excludes halogenated alkanes) is 2. The van der Waals surface area contributed by atoms with Crippen molar-refractivity contribution in [3.63, 3.8) is 0 Å². The van der Waals surface area contributed by atoms with Crippen molar-refractivity contribution in [2.45, 2.75) is 35.5 Å². The molecule has 9 heteroatoms. The van der Waals surface area contributed by atoms with E-state index in [4.69, 9.17) is 28.6 Å². The van der Waals surface area contributed by atoms with E-state index in [1.165, 1.54) is 11.8 Å². The van der Waals surface area contributed by atoms with Crippen LogP contribution in [0.3, 0.4) is 0 Å². The normalized spacial score (nSPS) is 15.6. The molecule has 0 unspecified atom stereocenters. The van der Waals surface area contributed by atoms with Gasteiger partial charge < -0.3 is 4.74 Å². The van der Waals surface area contributed by atoms with Crippen LogP contribution in [0.25, 0.3) is 6.08 Å². The quantitative estimate of drug-likeness (QED) is 0.153. The Hall–Kier alpha value is -2.78. The average molecular weight is 581 g/mol. The molecule has 2 aliphatic heterocycles. The summed E-state index contributed by atoms with van der Waals surface area (Å²) in [5.41, 5.74) is 2.64. The van der Waals surface area contributed by atoms with Gasteiger partial charge in [0.25, 0.3) is 5.91 Å². The number of fused-ring (bicyclic) bond motifs is 2. The fourth-order valence-electron chi connectivity index (χ4n) is 4.38. The van der Waals surface area contributed by atoms with E-state index < -0.39 is 0 Å². The summed E-state index contributed by atoms with van der Waals surface area (Å²) in [6.07, 6.45) is 4.56. The molecule has 5 rings (SSSR count). The Labute approximate surface area is 241 Å². The second-order valence-corrected chi connectivity index (χ2v) is 12.0. The smallest absolute Gasteiger partial charge is 0.266 e. The Morgan fingerprint density at radius 3 is 2.53 bits per heavy atom. The summed E-state index contributed by atoms with van der Waals surface area (Å²) < 4.78 is 5.76. The van der Waals surface area contributed by atoms with E-state index in [0.717, 1.165) is 51.7 Å². The van der Waals surface area contributed by atoms with Gasteiger partial charge in [0.15, 0.2) is 0 Å². The minimum atomic E-state index is -0.0668. The van der Waals surface area contributed by atoms with Crippen molar-refractivity contribution in [3.8, 4) is 5.75 Å². The van der Waals surface area contributed by atoms with Crippen LogP contribution >= 0.6 is 47.3 Å². The highest BCUT2D eigenvalue weighted by molar-refractivity contribution is 8.26. The molecule has 0 atom stereocenters. The Bertz CT molecular complexity index is 1420. The zero-order valence-corrected chi connectivity index (χ0v) is 23.9. The highest BCUT2D eigenvalue weighted by Gasteiger charge is 2.32. The Morgan fingerprint density at radius 2 is 1.74 bits per heavy atom. The lowest BCUT2D eigenvalue weighted by Gasteiger charge is -2.31. The van der Waals surface area contributed by atoms with Gasteiger partial charge in [0.05, 0.1) is 23.4 Å². The fourth-order valence-corrected chi connectivity index (χ4v) is 6.89. The van der Waals surface area contributed by atoms with Crippen molar-refractivity contribution in [1.29, 1.82) is 0 Å². The Morgan fingerprint density at radius 1 is 0.974 bits per heavy atom. The summed E-state index contributed by atoms with van der Waals surface area (Å²) >= 11 is 14.7. The second-order valence-electron chi connectivity index (χ2n) is 8.83. The monoisotopic (exact) mass is 580 g/mol. The first kappa shape index (κ1) is 26.8. The molecule has 0 spiro atoms. The molecule has 0 bridgehead atoms. The second kappa shape index (κ2) is 11.9. The number of thioether (sulfide) groups is 1. The molecule has 0 N–H and O–H groups in total. The number of halogens is 1. The molecule has 3 aromatic carbocycles. The standard InChI is InChI=1S/C29H25ClN2O3S3/c1-35-21-13-10-19(11-14-21)17-26-28(34)31(29(36)38-26)16-6-2-3-9-27(33)32-22-7-4-5-8-24(22)37-25-15-12-20(30)18-23(25)32/h4-5,7-8,10-15,17-18H,2-3,6,9,16H2,1H3. The van der Waals surface area contributed by atoms with Crippen molar-refractivity contribution in [1.82, 2.24) is 4.90 Å². The summed E-state index contributed by atoms with van der Waals surface area (Å²) in [6, 6.07) is 21.1. The molecule has 3 aromatic rings. The topological polar surface area (TPSA) is 49.9 Å². The highest BCUT2D eigenvalue weighted by atomic mass is 35.5. The largest absolute Gasteiger partial charge is 0.497 e. The third-order valence-corrected chi connectivity index (χ3v) is 9.04. The Kier molecular flexibility index (Phi) is 8.43. The first-order valence-corrected chi connectivity index (χ1v) is 14.7. The number of ether oxygens (including phenoxy) is 1. The van der Waals surface area contributed by atoms with E-state index in [9.17, 15) is 9.59 Å². The van der Waals surface area contributed by atoms with Gasteiger partial charge in [0.1, 0.15) is 10.1 Å². The van der Waals surface area contributed by atoms with Crippen LogP contribution in [0.1, 0.15) is 31.2 Å². The maximum Gasteiger partial charge on any atom is 0.266 e. The SMILES string of the molecule is COc1ccc(C=C2SC(=S)N(CCCCCC(=O)N3c4ccccc4Sc4ccc(Cl)cc43)C2=O)cc1. The summed E-state index contributed by atoms with van der Waals surface area (Å²) in [6.45, 7) is 0.542. The first-order chi connectivity index (χ1) is 18.4. The molecule has 0 aromatic heterocycles. The van der Waals surface area contributed by atoms with Gasteiger partial charge in [0.2, 0.25) is 5.91 Å². The number of nitrogens with zero attached hydrogens (tertiary/aromatic N) is 2. The molecular formula is C29H25ClN2O3S3. The van der Waals surface area contributed by atoms with Crippen molar-refractivity contribution in [3.05, 3.63) is 82.2 Å². The average Bonchev–Trinajstić information content (AvgIpc) is 3.19. The number of methoxy groups -OCH3 is 1. The van der Waals surface area contributed by atoms with Gasteiger partial charge in [-0.25, -0.2) is 0 Å². The number of thiocarbonyl (C=S) groups is 1. The fraction of sp³-hybridized carbons (Fsp3) is 0.207. The molecule has 0 aliphatic carbocycles. The molecule has 0 saturated carbocycles. The molecule has 2 amide bonds. The van der Waals surface area contributed by atoms with E-state index in [1.54, 1.807) is 28.7 Å². The van der Waals surface area contributed by atoms with Gasteiger partial charge in [-0.05, 0) is 66.9 Å². The molecule has 1 saturated heterocycles. The van der Waals surface area contributed by atoms with Gasteiger partial charge in [-0.15, -0.1) is 0 Å². The zero-order chi connectivity index (χ0) is 26.6. The maximum absolute atomic E-state index is 13.4. The van der Waals surface area contributed by atoms with E-state index in [0.29, 0.717) is 27.2 Å². The molecule has 194 valence electrons. The predicted molar refractivity (Wildman–Crippen MR) is 161 cm³/mol. The third kappa shape index (κ3) is 5.78. The van der Waals surface area contributed by atoms with Crippen LogP contribution in [-0.4, -0.2) is 34.7 Å². The van der Waals surface area contributed by atoms with E-state index in [1.807, 2.05) is 72.8 Å². The number of hydrogen-bond acceptors (Lipinski definition) is 6. The highest BCUT2D eigenvalue weighted by Crippen LogP contribution is 2.49. The number of para-hydroxylation sites is 1. The number of amides is 2. The van der Waals surface area contributed by atoms with Crippen LogP contribution < -0.4 is 9.64 Å². The predicted octanol–water partition coefficient (Wildman–Crippen LogP) is 7.94. The van der Waals surface area contributed by atoms with Gasteiger partial charge >= 0.3 is 0 Å². The van der Waals surface area contributed by atoms with Crippen molar-refractivity contribution >= 4 is 80.9 Å². The van der Waals surface area contributed by atoms with Gasteiger partial charge in [0, 0.05) is 27.8 Å². The van der Waals surface area contributed by atoms with E-state index in [2.05, 4.69) is 0 Å². The lowest BCUT2D eigenvalue weighted by Crippen LogP contribution is -2.29. The van der Waals surface area contributed by atoms with Crippen molar-refractivity contribution in [2.75, 3.05) is 18.6 Å². The minimum Gasteiger partial charge on any atom is -0.497 e. The molecule has 2 heterocycles. The zero-order valence-electron chi connectivity index (χ0n) is 20.7. The number of carbonyl (C=O) groups is 2. The van der Waals surface area contributed by atoms with Crippen LogP contribution in [0.15, 0.2) is 81.4 Å². The molecule has 0 radical (unpaired) electrons. The molecular weight excluding hydrogens is 556 g/mol. The number of anilines is 2. The van der Waals surface area contributed by atoms with E-state index in [-0.39, 0.29) is 11.8 Å². The van der Waals surface area contributed by atoms with E-state index >= 15 is 0 Å². The lowest BCUT2D eigenvalue weighted by atomic mass is 10.1. The molecule has 38 heavy (non-hydrogen) atoms. The van der Waals surface area contributed by atoms with Crippen LogP contribution in [0.2, 0.25) is 5.02 Å². The number of benzene rings is 3. The molecule has 2 aliphatic rings. The van der Waals surface area contributed by atoms with Gasteiger partial charge in [-0.1, -0.05) is 78.0 Å². The summed E-state index contributed by atoms with van der Waals surface area (Å²) in [5, 5.41) is 0.603. The summed E-state index contributed by atoms with van der Waals surface area (Å²) in [5.74, 6) is 0.738. The van der Waals surface area contributed by atoms with Crippen molar-refractivity contribution < 1.29 is 14.3 Å². The lowest BCUT2D eigenvalue weighted by molar-refractivity contribution is -0.122. The minimum absolute atomic E-state index is 0.0364. The molecule has 1 fully saturated rings. The van der Waals surface area contributed by atoms with Gasteiger partial charge in [-0.2, -0.15) is 0 Å². The summed E-state index contributed by atoms with van der Waals surface area (Å²) in [4.78, 5) is 32.5. The number of carbonyl (C=O) groups excluding carboxylic acids is 2. The first-order valence-electron chi connectivity index (χ1n) is 12.2. The molecule has 5 nitrogen and oxygen atoms in total. The maximum atomic E-state index is 13.4. The summed E-state index contributed by atoms with van der Waals surface area (Å²) in [7, 11) is 1.62. The Balaban J connectivity index is 1.16. The van der Waals surface area contributed by atoms with Crippen LogP contribution in [0.5, 0.6) is 5.75 Å². The van der Waals surface area contributed by atoms with Gasteiger partial charge in [-0.3, -0.25) is 19.4 Å². The third-order valence-electron chi connectivity index (χ3n) is 6.30. The van der Waals surface area contributed by atoms with Crippen LogP contribution in [0, 0.1) is 0 Å². The van der Waals surface area contributed by atoms with Crippen molar-refractivity contribution in [2.24, 2.45) is 0 Å². The number of hydrogen-bond donors (Lipinski definition) is 0.